The first-order chi connectivity index (χ1) is 8.90. The number of carbonyl (C=O) groups excluding carboxylic acids is 1. The minimum absolute atomic E-state index is 0.203. The molecule has 0 aliphatic carbocycles. The van der Waals surface area contributed by atoms with Crippen molar-refractivity contribution in [2.45, 2.75) is 11.9 Å². The summed E-state index contributed by atoms with van der Waals surface area (Å²) in [7, 11) is 1.03. The van der Waals surface area contributed by atoms with Crippen LogP contribution in [-0.4, -0.2) is 24.6 Å². The molecular weight excluding hydrogens is 332 g/mol. The van der Waals surface area contributed by atoms with Crippen LogP contribution in [0.5, 0.6) is 5.75 Å². The zero-order valence-electron chi connectivity index (χ0n) is 9.56. The van der Waals surface area contributed by atoms with Gasteiger partial charge in [-0.1, -0.05) is 15.9 Å². The standard InChI is InChI=1S/C10H8BrF2NO5/c1-18-9(15)6-2-5(4-11)3-7(19-10(12)13)8(6)14(16)17/h2-3,10H,4H2,1H3. The predicted octanol–water partition coefficient (Wildman–Crippen LogP) is 2.88. The lowest BCUT2D eigenvalue weighted by molar-refractivity contribution is -0.386. The highest BCUT2D eigenvalue weighted by Crippen LogP contribution is 2.34. The second-order valence-electron chi connectivity index (χ2n) is 3.25. The van der Waals surface area contributed by atoms with Gasteiger partial charge in [-0.3, -0.25) is 10.1 Å². The summed E-state index contributed by atoms with van der Waals surface area (Å²) in [6.45, 7) is -3.24. The molecule has 0 unspecified atom stereocenters. The minimum Gasteiger partial charge on any atom is -0.465 e. The van der Waals surface area contributed by atoms with Crippen LogP contribution in [0, 0.1) is 10.1 Å². The zero-order chi connectivity index (χ0) is 14.6. The smallest absolute Gasteiger partial charge is 0.387 e. The molecule has 0 N–H and O–H groups in total. The summed E-state index contributed by atoms with van der Waals surface area (Å²) in [6.07, 6.45) is 0. The highest BCUT2D eigenvalue weighted by molar-refractivity contribution is 9.08. The van der Waals surface area contributed by atoms with Gasteiger partial charge in [0, 0.05) is 5.33 Å². The number of benzene rings is 1. The van der Waals surface area contributed by atoms with Crippen molar-refractivity contribution in [2.24, 2.45) is 0 Å². The van der Waals surface area contributed by atoms with Crippen LogP contribution in [0.1, 0.15) is 15.9 Å². The van der Waals surface area contributed by atoms with Gasteiger partial charge in [0.25, 0.3) is 0 Å². The van der Waals surface area contributed by atoms with Crippen LogP contribution < -0.4 is 4.74 Å². The van der Waals surface area contributed by atoms with Crippen molar-refractivity contribution in [3.05, 3.63) is 33.4 Å². The van der Waals surface area contributed by atoms with E-state index in [9.17, 15) is 23.7 Å². The number of esters is 1. The highest BCUT2D eigenvalue weighted by Gasteiger charge is 2.29. The number of alkyl halides is 3. The molecule has 1 aromatic rings. The fourth-order valence-corrected chi connectivity index (χ4v) is 1.71. The monoisotopic (exact) mass is 339 g/mol. The molecule has 0 aliphatic heterocycles. The van der Waals surface area contributed by atoms with Gasteiger partial charge in [0.05, 0.1) is 12.0 Å². The topological polar surface area (TPSA) is 78.7 Å². The Hall–Kier alpha value is -1.77. The van der Waals surface area contributed by atoms with Crippen molar-refractivity contribution >= 4 is 27.6 Å². The number of hydrogen-bond acceptors (Lipinski definition) is 5. The van der Waals surface area contributed by atoms with Crippen molar-refractivity contribution in [3.8, 4) is 5.75 Å². The molecule has 6 nitrogen and oxygen atoms in total. The van der Waals surface area contributed by atoms with Crippen molar-refractivity contribution in [1.29, 1.82) is 0 Å². The predicted molar refractivity (Wildman–Crippen MR) is 63.7 cm³/mol. The first-order valence-electron chi connectivity index (χ1n) is 4.81. The van der Waals surface area contributed by atoms with E-state index in [1.54, 1.807) is 0 Å². The number of nitro benzene ring substituents is 1. The summed E-state index contributed by atoms with van der Waals surface area (Å²) < 4.78 is 32.9. The molecule has 0 atom stereocenters. The number of hydrogen-bond donors (Lipinski definition) is 0. The van der Waals surface area contributed by atoms with E-state index in [0.717, 1.165) is 13.2 Å². The van der Waals surface area contributed by atoms with Crippen molar-refractivity contribution in [1.82, 2.24) is 0 Å². The summed E-state index contributed by atoms with van der Waals surface area (Å²) >= 11 is 3.06. The number of nitro groups is 1. The number of nitrogens with zero attached hydrogens (tertiary/aromatic N) is 1. The number of methoxy groups -OCH3 is 1. The normalized spacial score (nSPS) is 10.4. The molecule has 0 bridgehead atoms. The number of carbonyl (C=O) groups is 1. The molecule has 0 aromatic heterocycles. The fourth-order valence-electron chi connectivity index (χ4n) is 1.38. The van der Waals surface area contributed by atoms with E-state index in [1.165, 1.54) is 6.07 Å². The Kier molecular flexibility index (Phi) is 5.16. The molecule has 0 saturated carbocycles. The van der Waals surface area contributed by atoms with Gasteiger partial charge in [0.1, 0.15) is 5.56 Å². The Labute approximate surface area is 114 Å². The molecule has 1 aromatic carbocycles. The Morgan fingerprint density at radius 1 is 1.53 bits per heavy atom. The zero-order valence-corrected chi connectivity index (χ0v) is 11.1. The van der Waals surface area contributed by atoms with Crippen LogP contribution in [0.2, 0.25) is 0 Å². The lowest BCUT2D eigenvalue weighted by Gasteiger charge is -2.10. The van der Waals surface area contributed by atoms with E-state index < -0.39 is 34.5 Å². The first-order valence-corrected chi connectivity index (χ1v) is 5.93. The largest absolute Gasteiger partial charge is 0.465 e. The quantitative estimate of drug-likeness (QED) is 0.356. The van der Waals surface area contributed by atoms with Crippen LogP contribution in [0.3, 0.4) is 0 Å². The third kappa shape index (κ3) is 3.60. The van der Waals surface area contributed by atoms with Gasteiger partial charge in [0.15, 0.2) is 0 Å². The summed E-state index contributed by atoms with van der Waals surface area (Å²) in [4.78, 5) is 21.4. The van der Waals surface area contributed by atoms with Gasteiger partial charge in [0.2, 0.25) is 5.75 Å². The van der Waals surface area contributed by atoms with Gasteiger partial charge in [-0.2, -0.15) is 8.78 Å². The average molecular weight is 340 g/mol. The Bertz CT molecular complexity index is 509. The van der Waals surface area contributed by atoms with Crippen molar-refractivity contribution in [2.75, 3.05) is 7.11 Å². The molecule has 0 fully saturated rings. The Morgan fingerprint density at radius 3 is 2.58 bits per heavy atom. The molecule has 1 rings (SSSR count). The molecule has 0 heterocycles. The highest BCUT2D eigenvalue weighted by atomic mass is 79.9. The van der Waals surface area contributed by atoms with E-state index in [1.807, 2.05) is 0 Å². The molecule has 0 aliphatic rings. The Balaban J connectivity index is 3.50. The third-order valence-electron chi connectivity index (χ3n) is 2.09. The van der Waals surface area contributed by atoms with Crippen LogP contribution in [-0.2, 0) is 10.1 Å². The summed E-state index contributed by atoms with van der Waals surface area (Å²) in [5.41, 5.74) is -0.932. The molecule has 0 saturated heterocycles. The molecule has 9 heteroatoms. The van der Waals surface area contributed by atoms with Gasteiger partial charge in [-0.05, 0) is 17.7 Å². The van der Waals surface area contributed by atoms with Crippen LogP contribution in [0.15, 0.2) is 12.1 Å². The summed E-state index contributed by atoms with van der Waals surface area (Å²) in [5.74, 6) is -1.69. The third-order valence-corrected chi connectivity index (χ3v) is 2.74. The van der Waals surface area contributed by atoms with Gasteiger partial charge in [-0.15, -0.1) is 0 Å². The second-order valence-corrected chi connectivity index (χ2v) is 3.81. The lowest BCUT2D eigenvalue weighted by Crippen LogP contribution is -2.11. The van der Waals surface area contributed by atoms with Gasteiger partial charge < -0.3 is 9.47 Å². The van der Waals surface area contributed by atoms with Crippen molar-refractivity contribution in [3.63, 3.8) is 0 Å². The molecule has 0 amide bonds. The SMILES string of the molecule is COC(=O)c1cc(CBr)cc(OC(F)F)c1[N+](=O)[O-]. The lowest BCUT2D eigenvalue weighted by atomic mass is 10.1. The summed E-state index contributed by atoms with van der Waals surface area (Å²) in [6, 6.07) is 2.24. The number of ether oxygens (including phenoxy) is 2. The van der Waals surface area contributed by atoms with Gasteiger partial charge >= 0.3 is 18.3 Å². The number of halogens is 3. The maximum absolute atomic E-state index is 12.2. The van der Waals surface area contributed by atoms with E-state index in [-0.39, 0.29) is 5.33 Å². The number of rotatable bonds is 5. The first kappa shape index (κ1) is 15.3. The van der Waals surface area contributed by atoms with Gasteiger partial charge in [-0.25, -0.2) is 4.79 Å². The molecule has 0 spiro atoms. The maximum Gasteiger partial charge on any atom is 0.387 e. The van der Waals surface area contributed by atoms with E-state index in [2.05, 4.69) is 25.4 Å². The average Bonchev–Trinajstić information content (AvgIpc) is 2.35. The fraction of sp³-hybridized carbons (Fsp3) is 0.300. The second kappa shape index (κ2) is 6.41. The van der Waals surface area contributed by atoms with Crippen molar-refractivity contribution < 1.29 is 28.0 Å². The molecule has 0 radical (unpaired) electrons. The maximum atomic E-state index is 12.2. The van der Waals surface area contributed by atoms with E-state index in [0.29, 0.717) is 5.56 Å². The molecular formula is C10H8BrF2NO5. The van der Waals surface area contributed by atoms with E-state index in [4.69, 9.17) is 0 Å². The van der Waals surface area contributed by atoms with E-state index >= 15 is 0 Å². The minimum atomic E-state index is -3.24. The van der Waals surface area contributed by atoms with Crippen LogP contribution >= 0.6 is 15.9 Å². The molecule has 104 valence electrons. The molecule has 19 heavy (non-hydrogen) atoms. The Morgan fingerprint density at radius 2 is 2.16 bits per heavy atom. The van der Waals surface area contributed by atoms with Crippen LogP contribution in [0.4, 0.5) is 14.5 Å². The van der Waals surface area contributed by atoms with Crippen LogP contribution in [0.25, 0.3) is 0 Å². The summed E-state index contributed by atoms with van der Waals surface area (Å²) in [5, 5.41) is 11.1.